The number of nitrogens with one attached hydrogen (secondary N) is 1. The lowest BCUT2D eigenvalue weighted by atomic mass is 9.95. The van der Waals surface area contributed by atoms with Crippen LogP contribution < -0.4 is 5.43 Å². The van der Waals surface area contributed by atoms with E-state index in [0.717, 1.165) is 16.7 Å². The van der Waals surface area contributed by atoms with Crippen LogP contribution in [0.5, 0.6) is 0 Å². The van der Waals surface area contributed by atoms with Crippen molar-refractivity contribution in [1.82, 2.24) is 9.99 Å². The first-order valence-corrected chi connectivity index (χ1v) is 10.0. The molecular formula is C23H31N3O. The fourth-order valence-corrected chi connectivity index (χ4v) is 4.26. The van der Waals surface area contributed by atoms with Crippen molar-refractivity contribution in [3.63, 3.8) is 0 Å². The average molecular weight is 366 g/mol. The van der Waals surface area contributed by atoms with Crippen molar-refractivity contribution < 1.29 is 4.79 Å². The molecule has 1 aliphatic carbocycles. The van der Waals surface area contributed by atoms with E-state index in [1.165, 1.54) is 49.1 Å². The highest BCUT2D eigenvalue weighted by Gasteiger charge is 2.19. The lowest BCUT2D eigenvalue weighted by molar-refractivity contribution is -0.120. The molecule has 1 heterocycles. The Morgan fingerprint density at radius 3 is 2.59 bits per heavy atom. The summed E-state index contributed by atoms with van der Waals surface area (Å²) in [7, 11) is 0. The molecule has 1 saturated carbocycles. The van der Waals surface area contributed by atoms with Gasteiger partial charge in [0, 0.05) is 23.0 Å². The standard InChI is InChI=1S/C23H31N3O/c1-16-10-11-20(17(2)12-16)14-23(27)25-24-15-21-13-18(3)26(19(21)4)22-8-6-5-7-9-22/h10-13,15,22H,5-9,14H2,1-4H3,(H,25,27)/b24-15-. The second-order valence-corrected chi connectivity index (χ2v) is 7.89. The highest BCUT2D eigenvalue weighted by atomic mass is 16.2. The van der Waals surface area contributed by atoms with Gasteiger partial charge in [0.2, 0.25) is 5.91 Å². The molecule has 1 amide bonds. The van der Waals surface area contributed by atoms with Gasteiger partial charge in [-0.05, 0) is 57.7 Å². The first-order valence-electron chi connectivity index (χ1n) is 10.0. The Labute approximate surface area is 162 Å². The first-order chi connectivity index (χ1) is 13.0. The smallest absolute Gasteiger partial charge is 0.244 e. The maximum atomic E-state index is 12.2. The van der Waals surface area contributed by atoms with Gasteiger partial charge >= 0.3 is 0 Å². The third kappa shape index (κ3) is 4.68. The van der Waals surface area contributed by atoms with Crippen molar-refractivity contribution in [2.24, 2.45) is 5.10 Å². The van der Waals surface area contributed by atoms with E-state index in [1.54, 1.807) is 6.21 Å². The number of rotatable bonds is 5. The summed E-state index contributed by atoms with van der Waals surface area (Å²) in [5.74, 6) is -0.0840. The number of hydrazone groups is 1. The molecule has 3 rings (SSSR count). The second kappa shape index (κ2) is 8.55. The summed E-state index contributed by atoms with van der Waals surface area (Å²) in [6, 6.07) is 8.94. The van der Waals surface area contributed by atoms with Crippen LogP contribution in [0.2, 0.25) is 0 Å². The predicted octanol–water partition coefficient (Wildman–Crippen LogP) is 4.92. The first kappa shape index (κ1) is 19.4. The molecule has 27 heavy (non-hydrogen) atoms. The van der Waals surface area contributed by atoms with Crippen molar-refractivity contribution >= 4 is 12.1 Å². The van der Waals surface area contributed by atoms with E-state index in [-0.39, 0.29) is 5.91 Å². The maximum absolute atomic E-state index is 12.2. The summed E-state index contributed by atoms with van der Waals surface area (Å²) in [5.41, 5.74) is 9.69. The topological polar surface area (TPSA) is 46.4 Å². The van der Waals surface area contributed by atoms with Crippen molar-refractivity contribution in [2.75, 3.05) is 0 Å². The molecule has 1 aliphatic rings. The highest BCUT2D eigenvalue weighted by molar-refractivity contribution is 5.84. The fraction of sp³-hybridized carbons (Fsp3) is 0.478. The van der Waals surface area contributed by atoms with E-state index in [9.17, 15) is 4.79 Å². The van der Waals surface area contributed by atoms with E-state index >= 15 is 0 Å². The van der Waals surface area contributed by atoms with Crippen LogP contribution in [0, 0.1) is 27.7 Å². The van der Waals surface area contributed by atoms with Crippen molar-refractivity contribution in [3.8, 4) is 0 Å². The lowest BCUT2D eigenvalue weighted by Crippen LogP contribution is -2.20. The molecule has 4 heteroatoms. The van der Waals surface area contributed by atoms with Crippen molar-refractivity contribution in [1.29, 1.82) is 0 Å². The quantitative estimate of drug-likeness (QED) is 0.593. The molecule has 0 radical (unpaired) electrons. The molecule has 0 bridgehead atoms. The molecule has 4 nitrogen and oxygen atoms in total. The van der Waals surface area contributed by atoms with Crippen LogP contribution in [0.15, 0.2) is 29.4 Å². The van der Waals surface area contributed by atoms with Gasteiger partial charge in [0.15, 0.2) is 0 Å². The van der Waals surface area contributed by atoms with Gasteiger partial charge in [0.25, 0.3) is 0 Å². The molecular weight excluding hydrogens is 334 g/mol. The summed E-state index contributed by atoms with van der Waals surface area (Å²) in [6.45, 7) is 8.42. The summed E-state index contributed by atoms with van der Waals surface area (Å²) >= 11 is 0. The normalized spacial score (nSPS) is 15.4. The zero-order valence-corrected chi connectivity index (χ0v) is 17.0. The van der Waals surface area contributed by atoms with Crippen LogP contribution >= 0.6 is 0 Å². The maximum Gasteiger partial charge on any atom is 0.244 e. The van der Waals surface area contributed by atoms with E-state index < -0.39 is 0 Å². The Kier molecular flexibility index (Phi) is 6.15. The lowest BCUT2D eigenvalue weighted by Gasteiger charge is -2.26. The molecule has 1 aromatic heterocycles. The van der Waals surface area contributed by atoms with Gasteiger partial charge in [-0.3, -0.25) is 4.79 Å². The fourth-order valence-electron chi connectivity index (χ4n) is 4.26. The molecule has 0 spiro atoms. The minimum atomic E-state index is -0.0840. The van der Waals surface area contributed by atoms with Gasteiger partial charge < -0.3 is 4.57 Å². The van der Waals surface area contributed by atoms with Crippen LogP contribution in [-0.2, 0) is 11.2 Å². The Morgan fingerprint density at radius 2 is 1.89 bits per heavy atom. The van der Waals surface area contributed by atoms with Crippen molar-refractivity contribution in [3.05, 3.63) is 57.9 Å². The number of carbonyl (C=O) groups is 1. The van der Waals surface area contributed by atoms with Gasteiger partial charge in [-0.2, -0.15) is 5.10 Å². The van der Waals surface area contributed by atoms with Crippen LogP contribution in [0.1, 0.15) is 71.8 Å². The monoisotopic (exact) mass is 365 g/mol. The number of nitrogens with zero attached hydrogens (tertiary/aromatic N) is 2. The average Bonchev–Trinajstić information content (AvgIpc) is 2.92. The van der Waals surface area contributed by atoms with E-state index in [2.05, 4.69) is 48.0 Å². The third-order valence-electron chi connectivity index (χ3n) is 5.71. The zero-order valence-electron chi connectivity index (χ0n) is 17.0. The third-order valence-corrected chi connectivity index (χ3v) is 5.71. The summed E-state index contributed by atoms with van der Waals surface area (Å²) in [6.07, 6.45) is 8.65. The zero-order chi connectivity index (χ0) is 19.4. The molecule has 2 aromatic rings. The number of aromatic nitrogens is 1. The number of carbonyl (C=O) groups excluding carboxylic acids is 1. The number of aryl methyl sites for hydroxylation is 3. The number of benzene rings is 1. The predicted molar refractivity (Wildman–Crippen MR) is 111 cm³/mol. The molecule has 0 atom stereocenters. The number of hydrogen-bond acceptors (Lipinski definition) is 2. The second-order valence-electron chi connectivity index (χ2n) is 7.89. The largest absolute Gasteiger partial charge is 0.345 e. The summed E-state index contributed by atoms with van der Waals surface area (Å²) in [4.78, 5) is 12.2. The summed E-state index contributed by atoms with van der Waals surface area (Å²) < 4.78 is 2.46. The van der Waals surface area contributed by atoms with Gasteiger partial charge in [-0.1, -0.05) is 43.0 Å². The Bertz CT molecular complexity index is 842. The molecule has 1 N–H and O–H groups in total. The Morgan fingerprint density at radius 1 is 1.15 bits per heavy atom. The van der Waals surface area contributed by atoms with Crippen LogP contribution in [0.25, 0.3) is 0 Å². The molecule has 1 fully saturated rings. The number of amides is 1. The van der Waals surface area contributed by atoms with Gasteiger partial charge in [0.1, 0.15) is 0 Å². The number of hydrogen-bond donors (Lipinski definition) is 1. The van der Waals surface area contributed by atoms with Crippen LogP contribution in [0.3, 0.4) is 0 Å². The molecule has 1 aromatic carbocycles. The van der Waals surface area contributed by atoms with E-state index in [4.69, 9.17) is 0 Å². The van der Waals surface area contributed by atoms with Crippen LogP contribution in [0.4, 0.5) is 0 Å². The molecule has 0 saturated heterocycles. The Hall–Kier alpha value is -2.36. The van der Waals surface area contributed by atoms with Gasteiger partial charge in [0.05, 0.1) is 12.6 Å². The van der Waals surface area contributed by atoms with Gasteiger partial charge in [-0.25, -0.2) is 5.43 Å². The minimum absolute atomic E-state index is 0.0840. The highest BCUT2D eigenvalue weighted by Crippen LogP contribution is 2.31. The van der Waals surface area contributed by atoms with Gasteiger partial charge in [-0.15, -0.1) is 0 Å². The molecule has 0 aliphatic heterocycles. The minimum Gasteiger partial charge on any atom is -0.345 e. The van der Waals surface area contributed by atoms with E-state index in [0.29, 0.717) is 12.5 Å². The molecule has 0 unspecified atom stereocenters. The van der Waals surface area contributed by atoms with Crippen LogP contribution in [-0.4, -0.2) is 16.7 Å². The van der Waals surface area contributed by atoms with Crippen molar-refractivity contribution in [2.45, 2.75) is 72.3 Å². The summed E-state index contributed by atoms with van der Waals surface area (Å²) in [5, 5.41) is 4.21. The molecule has 144 valence electrons. The Balaban J connectivity index is 1.63. The SMILES string of the molecule is Cc1ccc(CC(=O)N/N=C\c2cc(C)n(C3CCCCC3)c2C)c(C)c1. The van der Waals surface area contributed by atoms with E-state index in [1.807, 2.05) is 19.1 Å².